The van der Waals surface area contributed by atoms with Crippen molar-refractivity contribution in [1.29, 1.82) is 0 Å². The molecule has 1 heterocycles. The maximum atomic E-state index is 11.5. The fourth-order valence-corrected chi connectivity index (χ4v) is 2.58. The summed E-state index contributed by atoms with van der Waals surface area (Å²) in [7, 11) is 0. The first-order valence-electron chi connectivity index (χ1n) is 4.90. The second-order valence-electron chi connectivity index (χ2n) is 4.86. The number of amides is 1. The third kappa shape index (κ3) is 1.13. The molecule has 2 aliphatic rings. The lowest BCUT2D eigenvalue weighted by molar-refractivity contribution is -0.134. The number of carbonyl (C=O) groups excluding carboxylic acids is 1. The number of piperidine rings is 1. The summed E-state index contributed by atoms with van der Waals surface area (Å²) < 4.78 is 0. The lowest BCUT2D eigenvalue weighted by atomic mass is 9.76. The van der Waals surface area contributed by atoms with Gasteiger partial charge in [0, 0.05) is 11.5 Å². The molecule has 2 rings (SSSR count). The summed E-state index contributed by atoms with van der Waals surface area (Å²) in [5.74, 6) is 1.02. The van der Waals surface area contributed by atoms with E-state index in [0.29, 0.717) is 6.04 Å². The second-order valence-corrected chi connectivity index (χ2v) is 4.86. The van der Waals surface area contributed by atoms with Gasteiger partial charge < -0.3 is 5.32 Å². The van der Waals surface area contributed by atoms with Gasteiger partial charge in [-0.2, -0.15) is 0 Å². The molecule has 1 aliphatic carbocycles. The highest BCUT2D eigenvalue weighted by molar-refractivity contribution is 5.83. The van der Waals surface area contributed by atoms with Crippen LogP contribution in [0.2, 0.25) is 0 Å². The molecular formula is C10H17NO. The van der Waals surface area contributed by atoms with Crippen LogP contribution in [0.1, 0.15) is 39.5 Å². The highest BCUT2D eigenvalue weighted by Gasteiger charge is 2.42. The quantitative estimate of drug-likeness (QED) is 0.584. The van der Waals surface area contributed by atoms with Crippen LogP contribution in [-0.2, 0) is 4.79 Å². The molecule has 0 aromatic carbocycles. The fraction of sp³-hybridized carbons (Fsp3) is 0.900. The Kier molecular flexibility index (Phi) is 1.67. The van der Waals surface area contributed by atoms with E-state index in [1.54, 1.807) is 0 Å². The normalized spacial score (nSPS) is 39.0. The smallest absolute Gasteiger partial charge is 0.225 e. The molecule has 0 radical (unpaired) electrons. The van der Waals surface area contributed by atoms with Gasteiger partial charge in [0.05, 0.1) is 0 Å². The van der Waals surface area contributed by atoms with Gasteiger partial charge in [-0.15, -0.1) is 0 Å². The summed E-state index contributed by atoms with van der Waals surface area (Å²) in [5.41, 5.74) is -0.120. The van der Waals surface area contributed by atoms with Crippen LogP contribution in [-0.4, -0.2) is 11.9 Å². The zero-order valence-electron chi connectivity index (χ0n) is 7.89. The lowest BCUT2D eigenvalue weighted by Gasteiger charge is -2.37. The van der Waals surface area contributed by atoms with Crippen LogP contribution >= 0.6 is 0 Å². The van der Waals surface area contributed by atoms with Crippen LogP contribution in [0.15, 0.2) is 0 Å². The van der Waals surface area contributed by atoms with Crippen molar-refractivity contribution in [3.63, 3.8) is 0 Å². The van der Waals surface area contributed by atoms with Gasteiger partial charge >= 0.3 is 0 Å². The highest BCUT2D eigenvalue weighted by atomic mass is 16.2. The van der Waals surface area contributed by atoms with Gasteiger partial charge in [0.15, 0.2) is 0 Å². The number of carbonyl (C=O) groups is 1. The first kappa shape index (κ1) is 8.09. The topological polar surface area (TPSA) is 29.1 Å². The number of hydrogen-bond donors (Lipinski definition) is 1. The van der Waals surface area contributed by atoms with E-state index in [1.807, 2.05) is 0 Å². The molecule has 68 valence electrons. The third-order valence-electron chi connectivity index (χ3n) is 3.36. The molecule has 0 spiro atoms. The molecule has 1 saturated heterocycles. The molecule has 1 aliphatic heterocycles. The summed E-state index contributed by atoms with van der Waals surface area (Å²) >= 11 is 0. The predicted octanol–water partition coefficient (Wildman–Crippen LogP) is 1.70. The number of hydrogen-bond acceptors (Lipinski definition) is 1. The second kappa shape index (κ2) is 2.48. The standard InChI is InChI=1S/C10H17NO/c1-10(2)6-7-4-3-5-8(7)11-9(10)12/h7-8H,3-6H2,1-2H3,(H,11,12)/t7-,8+/m1/s1. The zero-order chi connectivity index (χ0) is 8.77. The molecule has 0 bridgehead atoms. The van der Waals surface area contributed by atoms with Crippen molar-refractivity contribution < 1.29 is 4.79 Å². The van der Waals surface area contributed by atoms with Crippen molar-refractivity contribution in [2.45, 2.75) is 45.6 Å². The average molecular weight is 167 g/mol. The monoisotopic (exact) mass is 167 g/mol. The van der Waals surface area contributed by atoms with Crippen molar-refractivity contribution in [2.24, 2.45) is 11.3 Å². The summed E-state index contributed by atoms with van der Waals surface area (Å²) in [5, 5.41) is 3.13. The molecule has 0 aromatic heterocycles. The number of rotatable bonds is 0. The average Bonchev–Trinajstić information content (AvgIpc) is 2.35. The Balaban J connectivity index is 2.14. The Bertz CT molecular complexity index is 210. The Hall–Kier alpha value is -0.530. The van der Waals surface area contributed by atoms with E-state index < -0.39 is 0 Å². The van der Waals surface area contributed by atoms with Crippen LogP contribution in [0.3, 0.4) is 0 Å². The molecule has 1 amide bonds. The molecule has 0 aromatic rings. The van der Waals surface area contributed by atoms with Gasteiger partial charge in [-0.05, 0) is 25.2 Å². The number of fused-ring (bicyclic) bond motifs is 1. The van der Waals surface area contributed by atoms with Gasteiger partial charge in [-0.1, -0.05) is 20.3 Å². The predicted molar refractivity (Wildman–Crippen MR) is 47.7 cm³/mol. The van der Waals surface area contributed by atoms with Crippen molar-refractivity contribution >= 4 is 5.91 Å². The van der Waals surface area contributed by atoms with E-state index in [4.69, 9.17) is 0 Å². The van der Waals surface area contributed by atoms with Crippen molar-refractivity contribution in [2.75, 3.05) is 0 Å². The van der Waals surface area contributed by atoms with Gasteiger partial charge in [0.1, 0.15) is 0 Å². The van der Waals surface area contributed by atoms with E-state index in [0.717, 1.165) is 12.3 Å². The van der Waals surface area contributed by atoms with Gasteiger partial charge in [0.2, 0.25) is 5.91 Å². The molecule has 1 saturated carbocycles. The molecular weight excluding hydrogens is 150 g/mol. The van der Waals surface area contributed by atoms with Crippen molar-refractivity contribution in [1.82, 2.24) is 5.32 Å². The summed E-state index contributed by atoms with van der Waals surface area (Å²) in [4.78, 5) is 11.5. The molecule has 1 N–H and O–H groups in total. The first-order chi connectivity index (χ1) is 5.59. The Labute approximate surface area is 73.7 Å². The van der Waals surface area contributed by atoms with E-state index in [2.05, 4.69) is 19.2 Å². The molecule has 2 heteroatoms. The first-order valence-corrected chi connectivity index (χ1v) is 4.90. The van der Waals surface area contributed by atoms with Crippen LogP contribution < -0.4 is 5.32 Å². The van der Waals surface area contributed by atoms with Crippen LogP contribution in [0.25, 0.3) is 0 Å². The lowest BCUT2D eigenvalue weighted by Crippen LogP contribution is -2.51. The van der Waals surface area contributed by atoms with Crippen LogP contribution in [0.5, 0.6) is 0 Å². The summed E-state index contributed by atoms with van der Waals surface area (Å²) in [6.07, 6.45) is 4.90. The largest absolute Gasteiger partial charge is 0.353 e. The van der Waals surface area contributed by atoms with Crippen LogP contribution in [0.4, 0.5) is 0 Å². The van der Waals surface area contributed by atoms with Gasteiger partial charge in [0.25, 0.3) is 0 Å². The molecule has 12 heavy (non-hydrogen) atoms. The van der Waals surface area contributed by atoms with Gasteiger partial charge in [-0.25, -0.2) is 0 Å². The fourth-order valence-electron chi connectivity index (χ4n) is 2.58. The third-order valence-corrected chi connectivity index (χ3v) is 3.36. The molecule has 2 fully saturated rings. The maximum absolute atomic E-state index is 11.5. The van der Waals surface area contributed by atoms with E-state index in [1.165, 1.54) is 19.3 Å². The van der Waals surface area contributed by atoms with Crippen molar-refractivity contribution in [3.05, 3.63) is 0 Å². The molecule has 2 nitrogen and oxygen atoms in total. The van der Waals surface area contributed by atoms with Crippen LogP contribution in [0, 0.1) is 11.3 Å². The summed E-state index contributed by atoms with van der Waals surface area (Å²) in [6.45, 7) is 4.10. The molecule has 2 atom stereocenters. The number of nitrogens with one attached hydrogen (secondary N) is 1. The van der Waals surface area contributed by atoms with Crippen molar-refractivity contribution in [3.8, 4) is 0 Å². The highest BCUT2D eigenvalue weighted by Crippen LogP contribution is 2.39. The zero-order valence-corrected chi connectivity index (χ0v) is 7.89. The SMILES string of the molecule is CC1(C)C[C@H]2CCC[C@@H]2NC1=O. The Morgan fingerprint density at radius 3 is 2.92 bits per heavy atom. The maximum Gasteiger partial charge on any atom is 0.225 e. The van der Waals surface area contributed by atoms with E-state index in [-0.39, 0.29) is 11.3 Å². The summed E-state index contributed by atoms with van der Waals surface area (Å²) in [6, 6.07) is 0.505. The van der Waals surface area contributed by atoms with E-state index in [9.17, 15) is 4.79 Å². The minimum Gasteiger partial charge on any atom is -0.353 e. The Morgan fingerprint density at radius 1 is 1.42 bits per heavy atom. The Morgan fingerprint density at radius 2 is 2.17 bits per heavy atom. The minimum absolute atomic E-state index is 0.120. The van der Waals surface area contributed by atoms with E-state index >= 15 is 0 Å². The minimum atomic E-state index is -0.120. The van der Waals surface area contributed by atoms with Gasteiger partial charge in [-0.3, -0.25) is 4.79 Å². The molecule has 0 unspecified atom stereocenters.